The van der Waals surface area contributed by atoms with Gasteiger partial charge in [-0.15, -0.1) is 0 Å². The quantitative estimate of drug-likeness (QED) is 0.585. The molecular weight excluding hydrogens is 238 g/mol. The Bertz CT molecular complexity index is 444. The highest BCUT2D eigenvalue weighted by Gasteiger charge is 2.25. The zero-order valence-corrected chi connectivity index (χ0v) is 9.83. The molecule has 0 aliphatic carbocycles. The number of carbonyl (C=O) groups is 2. The van der Waals surface area contributed by atoms with Gasteiger partial charge in [0.25, 0.3) is 0 Å². The van der Waals surface area contributed by atoms with E-state index >= 15 is 0 Å². The van der Waals surface area contributed by atoms with Gasteiger partial charge in [0.05, 0.1) is 12.5 Å². The van der Waals surface area contributed by atoms with E-state index in [4.69, 9.17) is 5.11 Å². The number of aromatic hydroxyl groups is 1. The number of nitrogens with one attached hydrogen (secondary N) is 1. The third-order valence-electron chi connectivity index (χ3n) is 2.41. The predicted octanol–water partition coefficient (Wildman–Crippen LogP) is -0.115. The highest BCUT2D eigenvalue weighted by Crippen LogP contribution is 2.15. The summed E-state index contributed by atoms with van der Waals surface area (Å²) in [4.78, 5) is 22.4. The van der Waals surface area contributed by atoms with Gasteiger partial charge >= 0.3 is 5.97 Å². The molecule has 2 atom stereocenters. The van der Waals surface area contributed by atoms with Gasteiger partial charge in [0.1, 0.15) is 5.75 Å². The number of aliphatic hydroxyl groups is 1. The molecule has 2 unspecified atom stereocenters. The Hall–Kier alpha value is -2.08. The molecule has 0 bridgehead atoms. The lowest BCUT2D eigenvalue weighted by Crippen LogP contribution is -2.48. The molecule has 18 heavy (non-hydrogen) atoms. The van der Waals surface area contributed by atoms with E-state index in [1.165, 1.54) is 13.0 Å². The molecule has 0 spiro atoms. The molecule has 0 radical (unpaired) electrons. The Morgan fingerprint density at radius 2 is 1.94 bits per heavy atom. The molecule has 0 fully saturated rings. The zero-order valence-electron chi connectivity index (χ0n) is 9.83. The largest absolute Gasteiger partial charge is 0.508 e. The van der Waals surface area contributed by atoms with Gasteiger partial charge in [0.2, 0.25) is 5.91 Å². The van der Waals surface area contributed by atoms with Gasteiger partial charge in [-0.1, -0.05) is 18.2 Å². The van der Waals surface area contributed by atoms with Gasteiger partial charge in [-0.2, -0.15) is 0 Å². The first kappa shape index (κ1) is 14.0. The first-order valence-electron chi connectivity index (χ1n) is 5.39. The minimum atomic E-state index is -1.36. The standard InChI is InChI=1S/C12H15NO5/c1-7(14)11(12(17)18)13-10(16)6-8-4-2-3-5-9(8)15/h2-5,7,11,14-15H,6H2,1H3,(H,13,16)(H,17,18). The lowest BCUT2D eigenvalue weighted by atomic mass is 10.1. The van der Waals surface area contributed by atoms with E-state index < -0.39 is 24.0 Å². The summed E-state index contributed by atoms with van der Waals surface area (Å²) in [5.74, 6) is -1.92. The number of para-hydroxylation sites is 1. The van der Waals surface area contributed by atoms with Crippen molar-refractivity contribution in [3.8, 4) is 5.75 Å². The van der Waals surface area contributed by atoms with Crippen LogP contribution in [-0.4, -0.2) is 39.3 Å². The van der Waals surface area contributed by atoms with Crippen molar-refractivity contribution < 1.29 is 24.9 Å². The Morgan fingerprint density at radius 1 is 1.33 bits per heavy atom. The minimum absolute atomic E-state index is 0.0310. The van der Waals surface area contributed by atoms with E-state index in [-0.39, 0.29) is 12.2 Å². The molecular formula is C12H15NO5. The number of phenolic OH excluding ortho intramolecular Hbond substituents is 1. The zero-order chi connectivity index (χ0) is 13.7. The number of benzene rings is 1. The summed E-state index contributed by atoms with van der Waals surface area (Å²) in [6.07, 6.45) is -1.35. The monoisotopic (exact) mass is 253 g/mol. The molecule has 0 saturated heterocycles. The van der Waals surface area contributed by atoms with Gasteiger partial charge in [0, 0.05) is 5.56 Å². The summed E-state index contributed by atoms with van der Waals surface area (Å²) in [6.45, 7) is 1.28. The number of phenols is 1. The Labute approximate surface area is 104 Å². The summed E-state index contributed by atoms with van der Waals surface area (Å²) < 4.78 is 0. The molecule has 1 rings (SSSR count). The number of carboxylic acid groups (broad SMARTS) is 1. The number of hydrogen-bond donors (Lipinski definition) is 4. The van der Waals surface area contributed by atoms with E-state index in [2.05, 4.69) is 5.32 Å². The summed E-state index contributed by atoms with van der Waals surface area (Å²) in [7, 11) is 0. The first-order valence-corrected chi connectivity index (χ1v) is 5.39. The third kappa shape index (κ3) is 3.74. The van der Waals surface area contributed by atoms with Crippen LogP contribution in [0.5, 0.6) is 5.75 Å². The second kappa shape index (κ2) is 6.02. The Balaban J connectivity index is 2.67. The van der Waals surface area contributed by atoms with Gasteiger partial charge in [0.15, 0.2) is 6.04 Å². The SMILES string of the molecule is CC(O)C(NC(=O)Cc1ccccc1O)C(=O)O. The number of amides is 1. The topological polar surface area (TPSA) is 107 Å². The van der Waals surface area contributed by atoms with Crippen molar-refractivity contribution in [1.29, 1.82) is 0 Å². The van der Waals surface area contributed by atoms with Gasteiger partial charge in [-0.25, -0.2) is 4.79 Å². The number of aliphatic hydroxyl groups excluding tert-OH is 1. The number of carbonyl (C=O) groups excluding carboxylic acids is 1. The van der Waals surface area contributed by atoms with E-state index in [0.29, 0.717) is 5.56 Å². The van der Waals surface area contributed by atoms with Crippen molar-refractivity contribution in [2.45, 2.75) is 25.5 Å². The fraction of sp³-hybridized carbons (Fsp3) is 0.333. The third-order valence-corrected chi connectivity index (χ3v) is 2.41. The highest BCUT2D eigenvalue weighted by atomic mass is 16.4. The van der Waals surface area contributed by atoms with Crippen LogP contribution in [0, 0.1) is 0 Å². The lowest BCUT2D eigenvalue weighted by Gasteiger charge is -2.17. The summed E-state index contributed by atoms with van der Waals surface area (Å²) in [6, 6.07) is 4.92. The molecule has 6 nitrogen and oxygen atoms in total. The van der Waals surface area contributed by atoms with Gasteiger partial charge in [-0.05, 0) is 13.0 Å². The van der Waals surface area contributed by atoms with Crippen LogP contribution in [0.1, 0.15) is 12.5 Å². The number of carboxylic acids is 1. The first-order chi connectivity index (χ1) is 8.41. The highest BCUT2D eigenvalue weighted by molar-refractivity contribution is 5.85. The van der Waals surface area contributed by atoms with Crippen LogP contribution in [0.3, 0.4) is 0 Å². The molecule has 6 heteroatoms. The van der Waals surface area contributed by atoms with E-state index in [0.717, 1.165) is 0 Å². The average molecular weight is 253 g/mol. The maximum Gasteiger partial charge on any atom is 0.328 e. The number of hydrogen-bond acceptors (Lipinski definition) is 4. The van der Waals surface area contributed by atoms with Crippen LogP contribution < -0.4 is 5.32 Å². The summed E-state index contributed by atoms with van der Waals surface area (Å²) in [5.41, 5.74) is 0.393. The molecule has 1 amide bonds. The molecule has 1 aromatic rings. The lowest BCUT2D eigenvalue weighted by molar-refractivity contribution is -0.144. The van der Waals surface area contributed by atoms with Crippen LogP contribution in [0.2, 0.25) is 0 Å². The van der Waals surface area contributed by atoms with Crippen LogP contribution in [0.4, 0.5) is 0 Å². The second-order valence-electron chi connectivity index (χ2n) is 3.93. The minimum Gasteiger partial charge on any atom is -0.508 e. The van der Waals surface area contributed by atoms with Crippen molar-refractivity contribution in [1.82, 2.24) is 5.32 Å². The molecule has 4 N–H and O–H groups in total. The summed E-state index contributed by atoms with van der Waals surface area (Å²) in [5, 5.41) is 29.7. The Morgan fingerprint density at radius 3 is 2.44 bits per heavy atom. The van der Waals surface area contributed by atoms with Crippen LogP contribution >= 0.6 is 0 Å². The smallest absolute Gasteiger partial charge is 0.328 e. The normalized spacial score (nSPS) is 13.7. The summed E-state index contributed by atoms with van der Waals surface area (Å²) >= 11 is 0. The maximum atomic E-state index is 11.6. The van der Waals surface area contributed by atoms with E-state index in [1.54, 1.807) is 18.2 Å². The molecule has 0 heterocycles. The average Bonchev–Trinajstić information content (AvgIpc) is 2.28. The molecule has 0 aromatic heterocycles. The van der Waals surface area contributed by atoms with Crippen LogP contribution in [-0.2, 0) is 16.0 Å². The fourth-order valence-electron chi connectivity index (χ4n) is 1.45. The van der Waals surface area contributed by atoms with Crippen molar-refractivity contribution in [3.63, 3.8) is 0 Å². The molecule has 1 aromatic carbocycles. The maximum absolute atomic E-state index is 11.6. The molecule has 0 saturated carbocycles. The fourth-order valence-corrected chi connectivity index (χ4v) is 1.45. The van der Waals surface area contributed by atoms with Gasteiger partial charge in [-0.3, -0.25) is 4.79 Å². The van der Waals surface area contributed by atoms with Crippen molar-refractivity contribution in [2.24, 2.45) is 0 Å². The molecule has 0 aliphatic heterocycles. The Kier molecular flexibility index (Phi) is 4.67. The van der Waals surface area contributed by atoms with Crippen LogP contribution in [0.25, 0.3) is 0 Å². The van der Waals surface area contributed by atoms with E-state index in [1.807, 2.05) is 0 Å². The number of aliphatic carboxylic acids is 1. The second-order valence-corrected chi connectivity index (χ2v) is 3.93. The predicted molar refractivity (Wildman–Crippen MR) is 63.1 cm³/mol. The molecule has 98 valence electrons. The van der Waals surface area contributed by atoms with Crippen molar-refractivity contribution in [3.05, 3.63) is 29.8 Å². The number of rotatable bonds is 5. The van der Waals surface area contributed by atoms with Gasteiger partial charge < -0.3 is 20.6 Å². The van der Waals surface area contributed by atoms with E-state index in [9.17, 15) is 19.8 Å². The van der Waals surface area contributed by atoms with Crippen LogP contribution in [0.15, 0.2) is 24.3 Å². The van der Waals surface area contributed by atoms with Crippen molar-refractivity contribution >= 4 is 11.9 Å². The molecule has 0 aliphatic rings. The van der Waals surface area contributed by atoms with Crippen molar-refractivity contribution in [2.75, 3.05) is 0 Å².